The monoisotopic (exact) mass is 386 g/mol. The lowest BCUT2D eigenvalue weighted by atomic mass is 10.2. The van der Waals surface area contributed by atoms with Crippen molar-refractivity contribution in [3.05, 3.63) is 27.1 Å². The number of carboxylic acids is 1. The summed E-state index contributed by atoms with van der Waals surface area (Å²) in [5, 5.41) is 18.5. The van der Waals surface area contributed by atoms with E-state index in [9.17, 15) is 9.90 Å². The van der Waals surface area contributed by atoms with Gasteiger partial charge in [-0.05, 0) is 28.9 Å². The minimum absolute atomic E-state index is 0.368. The molecule has 2 aromatic rings. The fraction of sp³-hybridized carbons (Fsp3) is 0.462. The van der Waals surface area contributed by atoms with Gasteiger partial charge in [0.1, 0.15) is 17.7 Å². The van der Waals surface area contributed by atoms with Gasteiger partial charge in [0, 0.05) is 11.4 Å². The van der Waals surface area contributed by atoms with Crippen molar-refractivity contribution in [3.8, 4) is 5.06 Å². The van der Waals surface area contributed by atoms with E-state index >= 15 is 0 Å². The third kappa shape index (κ3) is 2.75. The summed E-state index contributed by atoms with van der Waals surface area (Å²) in [7, 11) is 1.62. The second-order valence-electron chi connectivity index (χ2n) is 5.09. The predicted octanol–water partition coefficient (Wildman–Crippen LogP) is 1.89. The van der Waals surface area contributed by atoms with Crippen molar-refractivity contribution in [3.63, 3.8) is 0 Å². The van der Waals surface area contributed by atoms with E-state index in [0.29, 0.717) is 19.6 Å². The number of aromatic nitrogens is 3. The number of hydrogen-bond donors (Lipinski definition) is 1. The average Bonchev–Trinajstić information content (AvgIpc) is 3.01. The van der Waals surface area contributed by atoms with Crippen molar-refractivity contribution in [1.29, 1.82) is 0 Å². The second kappa shape index (κ2) is 5.98. The molecular formula is C13H15BrN4O3S. The molecule has 0 spiro atoms. The molecule has 0 fully saturated rings. The molecule has 0 bridgehead atoms. The van der Waals surface area contributed by atoms with E-state index in [1.54, 1.807) is 7.11 Å². The van der Waals surface area contributed by atoms with Crippen LogP contribution in [0.4, 0.5) is 0 Å². The topological polar surface area (TPSA) is 80.5 Å². The molecule has 0 aliphatic carbocycles. The third-order valence-corrected chi connectivity index (χ3v) is 5.62. The predicted molar refractivity (Wildman–Crippen MR) is 84.0 cm³/mol. The van der Waals surface area contributed by atoms with Gasteiger partial charge in [0.25, 0.3) is 0 Å². The number of fused-ring (bicyclic) bond motifs is 1. The summed E-state index contributed by atoms with van der Waals surface area (Å²) in [6, 6.07) is 1.38. The van der Waals surface area contributed by atoms with Crippen molar-refractivity contribution >= 4 is 33.2 Å². The van der Waals surface area contributed by atoms with Gasteiger partial charge in [0.15, 0.2) is 5.06 Å². The molecule has 0 amide bonds. The van der Waals surface area contributed by atoms with Crippen LogP contribution in [0.1, 0.15) is 16.5 Å². The van der Waals surface area contributed by atoms with E-state index in [4.69, 9.17) is 4.74 Å². The summed E-state index contributed by atoms with van der Waals surface area (Å²) in [5.41, 5.74) is 0. The van der Waals surface area contributed by atoms with Crippen molar-refractivity contribution in [2.75, 3.05) is 7.11 Å². The van der Waals surface area contributed by atoms with Gasteiger partial charge < -0.3 is 14.4 Å². The minimum Gasteiger partial charge on any atom is -0.486 e. The number of carbonyl (C=O) groups is 1. The van der Waals surface area contributed by atoms with E-state index in [0.717, 1.165) is 26.1 Å². The third-order valence-electron chi connectivity index (χ3n) is 3.69. The molecule has 1 atom stereocenters. The Bertz CT molecular complexity index is 714. The maximum Gasteiger partial charge on any atom is 0.322 e. The number of methoxy groups -OCH3 is 1. The van der Waals surface area contributed by atoms with Gasteiger partial charge in [-0.3, -0.25) is 9.69 Å². The highest BCUT2D eigenvalue weighted by Gasteiger charge is 2.33. The number of ether oxygens (including phenoxy) is 1. The normalized spacial score (nSPS) is 18.2. The lowest BCUT2D eigenvalue weighted by molar-refractivity contribution is -0.145. The van der Waals surface area contributed by atoms with Crippen LogP contribution in [-0.4, -0.2) is 43.9 Å². The molecule has 118 valence electrons. The van der Waals surface area contributed by atoms with Crippen LogP contribution >= 0.6 is 27.3 Å². The SMILES string of the molecule is COc1sc(CN2Cc3nnc(C)n3CC2C(=O)O)cc1Br. The van der Waals surface area contributed by atoms with Crippen LogP contribution in [0.3, 0.4) is 0 Å². The number of aryl methyl sites for hydroxylation is 1. The molecule has 1 unspecified atom stereocenters. The Morgan fingerprint density at radius 2 is 2.36 bits per heavy atom. The summed E-state index contributed by atoms with van der Waals surface area (Å²) < 4.78 is 8.02. The smallest absolute Gasteiger partial charge is 0.322 e. The molecule has 1 aliphatic rings. The van der Waals surface area contributed by atoms with E-state index in [1.807, 2.05) is 22.5 Å². The Labute approximate surface area is 139 Å². The number of hydrogen-bond acceptors (Lipinski definition) is 6. The first-order valence-corrected chi connectivity index (χ1v) is 8.28. The van der Waals surface area contributed by atoms with Gasteiger partial charge in [-0.25, -0.2) is 0 Å². The maximum absolute atomic E-state index is 11.6. The molecule has 0 saturated heterocycles. The minimum atomic E-state index is -0.832. The maximum atomic E-state index is 11.6. The van der Waals surface area contributed by atoms with Crippen LogP contribution in [0.25, 0.3) is 0 Å². The molecule has 0 aromatic carbocycles. The van der Waals surface area contributed by atoms with Crippen LogP contribution in [0, 0.1) is 6.92 Å². The lowest BCUT2D eigenvalue weighted by Gasteiger charge is -2.33. The van der Waals surface area contributed by atoms with E-state index in [2.05, 4.69) is 26.1 Å². The Hall–Kier alpha value is -1.45. The van der Waals surface area contributed by atoms with E-state index in [-0.39, 0.29) is 0 Å². The van der Waals surface area contributed by atoms with Crippen molar-refractivity contribution < 1.29 is 14.6 Å². The average molecular weight is 387 g/mol. The molecule has 1 N–H and O–H groups in total. The van der Waals surface area contributed by atoms with Crippen LogP contribution in [-0.2, 0) is 24.4 Å². The van der Waals surface area contributed by atoms with E-state index < -0.39 is 12.0 Å². The Kier molecular flexibility index (Phi) is 4.20. The van der Waals surface area contributed by atoms with Gasteiger partial charge in [0.2, 0.25) is 0 Å². The number of thiophene rings is 1. The summed E-state index contributed by atoms with van der Waals surface area (Å²) in [4.78, 5) is 14.5. The van der Waals surface area contributed by atoms with Gasteiger partial charge in [-0.2, -0.15) is 0 Å². The standard InChI is InChI=1S/C13H15BrN4O3S/c1-7-15-16-11-6-17(10(12(19)20)5-18(7)11)4-8-3-9(14)13(21-2)22-8/h3,10H,4-6H2,1-2H3,(H,19,20). The van der Waals surface area contributed by atoms with Gasteiger partial charge >= 0.3 is 5.97 Å². The Morgan fingerprint density at radius 1 is 1.59 bits per heavy atom. The molecule has 0 saturated carbocycles. The number of halogens is 1. The van der Waals surface area contributed by atoms with Crippen LogP contribution in [0.5, 0.6) is 5.06 Å². The quantitative estimate of drug-likeness (QED) is 0.863. The Morgan fingerprint density at radius 3 is 3.00 bits per heavy atom. The fourth-order valence-electron chi connectivity index (χ4n) is 2.57. The largest absolute Gasteiger partial charge is 0.486 e. The molecule has 2 aromatic heterocycles. The van der Waals surface area contributed by atoms with Crippen molar-refractivity contribution in [2.45, 2.75) is 32.6 Å². The van der Waals surface area contributed by atoms with Gasteiger partial charge in [-0.15, -0.1) is 21.5 Å². The molecule has 0 radical (unpaired) electrons. The lowest BCUT2D eigenvalue weighted by Crippen LogP contribution is -2.47. The number of nitrogens with zero attached hydrogens (tertiary/aromatic N) is 4. The zero-order chi connectivity index (χ0) is 15.9. The molecule has 7 nitrogen and oxygen atoms in total. The zero-order valence-electron chi connectivity index (χ0n) is 12.1. The number of aliphatic carboxylic acids is 1. The highest BCUT2D eigenvalue weighted by atomic mass is 79.9. The van der Waals surface area contributed by atoms with Crippen molar-refractivity contribution in [1.82, 2.24) is 19.7 Å². The van der Waals surface area contributed by atoms with Crippen LogP contribution in [0.15, 0.2) is 10.5 Å². The number of rotatable bonds is 4. The first kappa shape index (κ1) is 15.4. The van der Waals surface area contributed by atoms with Gasteiger partial charge in [-0.1, -0.05) is 0 Å². The zero-order valence-corrected chi connectivity index (χ0v) is 14.5. The summed E-state index contributed by atoms with van der Waals surface area (Å²) in [5.74, 6) is 0.723. The summed E-state index contributed by atoms with van der Waals surface area (Å²) in [6.07, 6.45) is 0. The molecule has 9 heteroatoms. The van der Waals surface area contributed by atoms with Crippen LogP contribution in [0.2, 0.25) is 0 Å². The Balaban J connectivity index is 1.86. The van der Waals surface area contributed by atoms with Crippen LogP contribution < -0.4 is 4.74 Å². The summed E-state index contributed by atoms with van der Waals surface area (Å²) >= 11 is 4.95. The molecular weight excluding hydrogens is 372 g/mol. The molecule has 22 heavy (non-hydrogen) atoms. The highest BCUT2D eigenvalue weighted by molar-refractivity contribution is 9.10. The first-order valence-electron chi connectivity index (χ1n) is 6.67. The molecule has 3 rings (SSSR count). The molecule has 3 heterocycles. The fourth-order valence-corrected chi connectivity index (χ4v) is 4.29. The van der Waals surface area contributed by atoms with Gasteiger partial charge in [0.05, 0.1) is 24.7 Å². The second-order valence-corrected chi connectivity index (χ2v) is 7.04. The first-order chi connectivity index (χ1) is 10.5. The number of carboxylic acid groups (broad SMARTS) is 1. The molecule has 1 aliphatic heterocycles. The highest BCUT2D eigenvalue weighted by Crippen LogP contribution is 2.36. The summed E-state index contributed by atoms with van der Waals surface area (Å²) in [6.45, 7) is 3.21. The van der Waals surface area contributed by atoms with E-state index in [1.165, 1.54) is 11.3 Å². The van der Waals surface area contributed by atoms with Crippen molar-refractivity contribution in [2.24, 2.45) is 0 Å².